The van der Waals surface area contributed by atoms with Crippen molar-refractivity contribution in [3.63, 3.8) is 0 Å². The first-order valence-electron chi connectivity index (χ1n) is 10.4. The molecule has 3 aromatic rings. The van der Waals surface area contributed by atoms with Crippen molar-refractivity contribution in [2.75, 3.05) is 0 Å². The molecule has 3 aromatic carbocycles. The molecule has 3 rings (SSSR count). The molecule has 32 heavy (non-hydrogen) atoms. The number of halogens is 1. The summed E-state index contributed by atoms with van der Waals surface area (Å²) in [6.07, 6.45) is 1.53. The number of nitrogens with one attached hydrogen (secondary N) is 2. The quantitative estimate of drug-likeness (QED) is 0.386. The molecule has 0 heterocycles. The van der Waals surface area contributed by atoms with Crippen LogP contribution < -0.4 is 10.7 Å². The molecule has 2 N–H and O–H groups in total. The van der Waals surface area contributed by atoms with Crippen LogP contribution in [0.1, 0.15) is 36.5 Å². The summed E-state index contributed by atoms with van der Waals surface area (Å²) in [5.74, 6) is -1.27. The van der Waals surface area contributed by atoms with Crippen molar-refractivity contribution in [1.29, 1.82) is 0 Å². The van der Waals surface area contributed by atoms with Gasteiger partial charge < -0.3 is 5.32 Å². The van der Waals surface area contributed by atoms with Gasteiger partial charge in [0.15, 0.2) is 0 Å². The maximum absolute atomic E-state index is 13.3. The number of benzene rings is 3. The van der Waals surface area contributed by atoms with Gasteiger partial charge in [-0.2, -0.15) is 5.10 Å². The van der Waals surface area contributed by atoms with E-state index in [1.807, 2.05) is 74.5 Å². The molecule has 0 spiro atoms. The first-order chi connectivity index (χ1) is 15.5. The molecule has 6 heteroatoms. The lowest BCUT2D eigenvalue weighted by atomic mass is 9.89. The third-order valence-electron chi connectivity index (χ3n) is 5.03. The molecule has 0 aromatic heterocycles. The second kappa shape index (κ2) is 11.3. The lowest BCUT2D eigenvalue weighted by Crippen LogP contribution is -2.50. The molecule has 0 bridgehead atoms. The summed E-state index contributed by atoms with van der Waals surface area (Å²) >= 11 is 5.88. The number of nitrogens with zero attached hydrogens (tertiary/aromatic N) is 1. The second-order valence-electron chi connectivity index (χ2n) is 7.77. The van der Waals surface area contributed by atoms with Crippen molar-refractivity contribution in [3.8, 4) is 0 Å². The molecule has 1 atom stereocenters. The molecule has 0 fully saturated rings. The number of carbonyl (C=O) groups excluding carboxylic acids is 2. The summed E-state index contributed by atoms with van der Waals surface area (Å²) in [5, 5.41) is 7.58. The smallest absolute Gasteiger partial charge is 0.262 e. The molecule has 0 saturated carbocycles. The number of carbonyl (C=O) groups is 2. The maximum Gasteiger partial charge on any atom is 0.262 e. The SMILES string of the molecule is CC(C)[C@H](NC(=O)C(c1ccccc1)c1ccccc1)C(=O)N/N=C\c1ccc(Cl)cc1. The van der Waals surface area contributed by atoms with E-state index in [9.17, 15) is 9.59 Å². The lowest BCUT2D eigenvalue weighted by Gasteiger charge is -2.24. The van der Waals surface area contributed by atoms with Crippen molar-refractivity contribution in [2.45, 2.75) is 25.8 Å². The Hall–Kier alpha value is -3.44. The van der Waals surface area contributed by atoms with Gasteiger partial charge in [0.1, 0.15) is 6.04 Å². The molecular weight excluding hydrogens is 422 g/mol. The van der Waals surface area contributed by atoms with Crippen molar-refractivity contribution in [3.05, 3.63) is 107 Å². The van der Waals surface area contributed by atoms with Crippen molar-refractivity contribution < 1.29 is 9.59 Å². The third kappa shape index (κ3) is 6.28. The summed E-state index contributed by atoms with van der Waals surface area (Å²) in [7, 11) is 0. The summed E-state index contributed by atoms with van der Waals surface area (Å²) < 4.78 is 0. The van der Waals surface area contributed by atoms with Crippen molar-refractivity contribution >= 4 is 29.6 Å². The van der Waals surface area contributed by atoms with Gasteiger partial charge in [-0.1, -0.05) is 98.2 Å². The van der Waals surface area contributed by atoms with Crippen LogP contribution in [-0.2, 0) is 9.59 Å². The van der Waals surface area contributed by atoms with E-state index in [-0.39, 0.29) is 17.7 Å². The molecule has 0 radical (unpaired) electrons. The van der Waals surface area contributed by atoms with Gasteiger partial charge in [-0.05, 0) is 34.7 Å². The van der Waals surface area contributed by atoms with Crippen LogP contribution in [0.15, 0.2) is 90.0 Å². The third-order valence-corrected chi connectivity index (χ3v) is 5.29. The first-order valence-corrected chi connectivity index (χ1v) is 10.8. The molecular formula is C26H26ClN3O2. The number of rotatable bonds is 8. The van der Waals surface area contributed by atoms with E-state index in [4.69, 9.17) is 11.6 Å². The monoisotopic (exact) mass is 447 g/mol. The van der Waals surface area contributed by atoms with Crippen molar-refractivity contribution in [1.82, 2.24) is 10.7 Å². The highest BCUT2D eigenvalue weighted by molar-refractivity contribution is 6.30. The first kappa shape index (κ1) is 23.2. The minimum Gasteiger partial charge on any atom is -0.343 e. The highest BCUT2D eigenvalue weighted by Gasteiger charge is 2.29. The molecule has 0 aliphatic heterocycles. The van der Waals surface area contributed by atoms with E-state index in [1.54, 1.807) is 24.3 Å². The van der Waals surface area contributed by atoms with Gasteiger partial charge in [-0.25, -0.2) is 5.43 Å². The van der Waals surface area contributed by atoms with E-state index in [0.29, 0.717) is 5.02 Å². The summed E-state index contributed by atoms with van der Waals surface area (Å²) in [6, 6.07) is 25.4. The van der Waals surface area contributed by atoms with Crippen LogP contribution in [0.5, 0.6) is 0 Å². The fourth-order valence-corrected chi connectivity index (χ4v) is 3.47. The van der Waals surface area contributed by atoms with Crippen LogP contribution in [0, 0.1) is 5.92 Å². The largest absolute Gasteiger partial charge is 0.343 e. The Balaban J connectivity index is 1.75. The molecule has 0 aliphatic carbocycles. The van der Waals surface area contributed by atoms with Crippen LogP contribution in [0.2, 0.25) is 5.02 Å². The van der Waals surface area contributed by atoms with E-state index in [1.165, 1.54) is 6.21 Å². The lowest BCUT2D eigenvalue weighted by molar-refractivity contribution is -0.130. The van der Waals surface area contributed by atoms with Gasteiger partial charge in [-0.15, -0.1) is 0 Å². The molecule has 0 saturated heterocycles. The zero-order valence-electron chi connectivity index (χ0n) is 18.0. The van der Waals surface area contributed by atoms with E-state index in [0.717, 1.165) is 16.7 Å². The molecule has 0 unspecified atom stereocenters. The number of hydrogen-bond acceptors (Lipinski definition) is 3. The predicted octanol–water partition coefficient (Wildman–Crippen LogP) is 4.76. The Morgan fingerprint density at radius 1 is 0.812 bits per heavy atom. The average molecular weight is 448 g/mol. The van der Waals surface area contributed by atoms with Crippen LogP contribution in [-0.4, -0.2) is 24.1 Å². The van der Waals surface area contributed by atoms with Crippen LogP contribution in [0.25, 0.3) is 0 Å². The molecule has 0 aliphatic rings. The molecule has 5 nitrogen and oxygen atoms in total. The van der Waals surface area contributed by atoms with Crippen LogP contribution >= 0.6 is 11.6 Å². The summed E-state index contributed by atoms with van der Waals surface area (Å²) in [5.41, 5.74) is 5.05. The van der Waals surface area contributed by atoms with Gasteiger partial charge >= 0.3 is 0 Å². The minimum absolute atomic E-state index is 0.128. The normalized spacial score (nSPS) is 12.2. The number of hydrazone groups is 1. The van der Waals surface area contributed by atoms with Gasteiger partial charge in [0.05, 0.1) is 12.1 Å². The standard InChI is InChI=1S/C26H26ClN3O2/c1-18(2)24(26(32)30-28-17-19-13-15-22(27)16-14-19)29-25(31)23(20-9-5-3-6-10-20)21-11-7-4-8-12-21/h3-18,23-24H,1-2H3,(H,29,31)(H,30,32)/b28-17-/t24-/m0/s1. The average Bonchev–Trinajstić information content (AvgIpc) is 2.80. The zero-order chi connectivity index (χ0) is 22.9. The Bertz CT molecular complexity index is 1010. The second-order valence-corrected chi connectivity index (χ2v) is 8.21. The summed E-state index contributed by atoms with van der Waals surface area (Å²) in [6.45, 7) is 3.76. The van der Waals surface area contributed by atoms with Gasteiger partial charge in [0, 0.05) is 5.02 Å². The van der Waals surface area contributed by atoms with Gasteiger partial charge in [0.2, 0.25) is 5.91 Å². The molecule has 164 valence electrons. The fraction of sp³-hybridized carbons (Fsp3) is 0.192. The Labute approximate surface area is 193 Å². The number of amides is 2. The molecule has 2 amide bonds. The highest BCUT2D eigenvalue weighted by atomic mass is 35.5. The highest BCUT2D eigenvalue weighted by Crippen LogP contribution is 2.25. The van der Waals surface area contributed by atoms with E-state index >= 15 is 0 Å². The summed E-state index contributed by atoms with van der Waals surface area (Å²) in [4.78, 5) is 26.1. The van der Waals surface area contributed by atoms with Crippen molar-refractivity contribution in [2.24, 2.45) is 11.0 Å². The minimum atomic E-state index is -0.736. The van der Waals surface area contributed by atoms with E-state index < -0.39 is 12.0 Å². The Morgan fingerprint density at radius 3 is 1.84 bits per heavy atom. The fourth-order valence-electron chi connectivity index (χ4n) is 3.35. The zero-order valence-corrected chi connectivity index (χ0v) is 18.8. The number of hydrogen-bond donors (Lipinski definition) is 2. The van der Waals surface area contributed by atoms with Gasteiger partial charge in [0.25, 0.3) is 5.91 Å². The maximum atomic E-state index is 13.3. The van der Waals surface area contributed by atoms with Crippen LogP contribution in [0.3, 0.4) is 0 Å². The van der Waals surface area contributed by atoms with Gasteiger partial charge in [-0.3, -0.25) is 9.59 Å². The van der Waals surface area contributed by atoms with E-state index in [2.05, 4.69) is 15.8 Å². The Kier molecular flexibility index (Phi) is 8.17. The predicted molar refractivity (Wildman–Crippen MR) is 129 cm³/mol. The Morgan fingerprint density at radius 2 is 1.34 bits per heavy atom. The van der Waals surface area contributed by atoms with Crippen LogP contribution in [0.4, 0.5) is 0 Å². The topological polar surface area (TPSA) is 70.6 Å².